The van der Waals surface area contributed by atoms with E-state index in [1.165, 1.54) is 76.8 Å². The van der Waals surface area contributed by atoms with Crippen molar-refractivity contribution in [2.24, 2.45) is 0 Å². The van der Waals surface area contributed by atoms with Crippen LogP contribution in [0.1, 0.15) is 12.0 Å². The first-order chi connectivity index (χ1) is 21.2. The minimum Gasteiger partial charge on any atom is -0.0826 e. The Morgan fingerprint density at radius 1 is 0.465 bits per heavy atom. The van der Waals surface area contributed by atoms with E-state index in [0.717, 1.165) is 6.42 Å². The molecule has 0 heterocycles. The number of benzene rings is 7. The molecule has 8 rings (SSSR count). The molecule has 7 aromatic carbocycles. The molecule has 0 nitrogen and oxygen atoms in total. The Morgan fingerprint density at radius 2 is 1.02 bits per heavy atom. The van der Waals surface area contributed by atoms with Crippen molar-refractivity contribution in [1.82, 2.24) is 0 Å². The summed E-state index contributed by atoms with van der Waals surface area (Å²) in [6.07, 6.45) is 8.10. The van der Waals surface area contributed by atoms with Crippen molar-refractivity contribution >= 4 is 60.5 Å². The van der Waals surface area contributed by atoms with Crippen LogP contribution in [0.25, 0.3) is 71.3 Å². The number of rotatable bonds is 4. The Labute approximate surface area is 266 Å². The van der Waals surface area contributed by atoms with Crippen molar-refractivity contribution in [1.29, 1.82) is 0 Å². The summed E-state index contributed by atoms with van der Waals surface area (Å²) in [5.41, 5.74) is 10.2. The Kier molecular flexibility index (Phi) is 6.69. The average Bonchev–Trinajstić information content (AvgIpc) is 3.07. The van der Waals surface area contributed by atoms with Gasteiger partial charge in [0.25, 0.3) is 0 Å². The normalized spacial score (nSPS) is 14.8. The van der Waals surface area contributed by atoms with Gasteiger partial charge in [-0.3, -0.25) is 0 Å². The van der Waals surface area contributed by atoms with E-state index in [-0.39, 0.29) is 0 Å². The largest absolute Gasteiger partial charge is 0.0826 e. The highest BCUT2D eigenvalue weighted by Crippen LogP contribution is 2.46. The first-order valence-electron chi connectivity index (χ1n) is 14.9. The third-order valence-electron chi connectivity index (χ3n) is 8.67. The zero-order chi connectivity index (χ0) is 28.8. The molecule has 0 amide bonds. The van der Waals surface area contributed by atoms with Crippen LogP contribution in [0.3, 0.4) is 0 Å². The van der Waals surface area contributed by atoms with Gasteiger partial charge in [0, 0.05) is 3.92 Å². The van der Waals surface area contributed by atoms with Gasteiger partial charge in [0.05, 0.1) is 0 Å². The van der Waals surface area contributed by atoms with Crippen molar-refractivity contribution in [2.45, 2.75) is 10.3 Å². The molecule has 1 heteroatoms. The number of hydrogen-bond donors (Lipinski definition) is 0. The highest BCUT2D eigenvalue weighted by molar-refractivity contribution is 14.1. The predicted molar refractivity (Wildman–Crippen MR) is 195 cm³/mol. The van der Waals surface area contributed by atoms with Crippen LogP contribution in [0.2, 0.25) is 0 Å². The second kappa shape index (κ2) is 11.0. The molecule has 7 aromatic rings. The van der Waals surface area contributed by atoms with Crippen LogP contribution < -0.4 is 0 Å². The van der Waals surface area contributed by atoms with Gasteiger partial charge in [0.15, 0.2) is 0 Å². The van der Waals surface area contributed by atoms with E-state index < -0.39 is 0 Å². The van der Waals surface area contributed by atoms with Gasteiger partial charge >= 0.3 is 0 Å². The van der Waals surface area contributed by atoms with E-state index in [1.54, 1.807) is 0 Å². The lowest BCUT2D eigenvalue weighted by Crippen LogP contribution is -1.98. The first-order valence-corrected chi connectivity index (χ1v) is 16.1. The van der Waals surface area contributed by atoms with Crippen molar-refractivity contribution in [2.75, 3.05) is 0 Å². The fourth-order valence-electron chi connectivity index (χ4n) is 6.74. The standard InChI is InChI=1S/C42H29I/c43-34-17-10-16-30(27-34)32-24-31(28-12-2-1-3-13-28)25-33(26-32)41-37-19-6-8-21-39(37)42(40-22-9-7-20-38(40)41)36-23-11-15-29-14-4-5-18-35(29)36/h1-16,18-27,34H,17H2. The van der Waals surface area contributed by atoms with Crippen molar-refractivity contribution in [3.63, 3.8) is 0 Å². The summed E-state index contributed by atoms with van der Waals surface area (Å²) in [5.74, 6) is 0. The summed E-state index contributed by atoms with van der Waals surface area (Å²) in [5, 5.41) is 7.66. The SMILES string of the molecule is IC1C=C(c2cc(-c3ccccc3)cc(-c3c4ccccc4c(-c4cccc5ccccc45)c4ccccc34)c2)C=CC1. The molecule has 1 aliphatic rings. The van der Waals surface area contributed by atoms with Crippen LogP contribution in [-0.2, 0) is 0 Å². The fraction of sp³-hybridized carbons (Fsp3) is 0.0476. The van der Waals surface area contributed by atoms with E-state index in [9.17, 15) is 0 Å². The van der Waals surface area contributed by atoms with Crippen LogP contribution in [0, 0.1) is 0 Å². The summed E-state index contributed by atoms with van der Waals surface area (Å²) in [6, 6.07) is 51.3. The predicted octanol–water partition coefficient (Wildman–Crippen LogP) is 12.3. The number of alkyl halides is 1. The molecular formula is C42H29I. The summed E-state index contributed by atoms with van der Waals surface area (Å²) < 4.78 is 0.503. The molecule has 0 saturated carbocycles. The molecular weight excluding hydrogens is 631 g/mol. The second-order valence-electron chi connectivity index (χ2n) is 11.3. The van der Waals surface area contributed by atoms with Gasteiger partial charge in [0.2, 0.25) is 0 Å². The van der Waals surface area contributed by atoms with Crippen molar-refractivity contribution in [3.8, 4) is 33.4 Å². The molecule has 0 bridgehead atoms. The molecule has 0 N–H and O–H groups in total. The van der Waals surface area contributed by atoms with Crippen molar-refractivity contribution in [3.05, 3.63) is 163 Å². The summed E-state index contributed by atoms with van der Waals surface area (Å²) >= 11 is 2.55. The maximum atomic E-state index is 2.55. The molecule has 0 fully saturated rings. The van der Waals surface area contributed by atoms with E-state index in [0.29, 0.717) is 3.92 Å². The molecule has 0 radical (unpaired) electrons. The fourth-order valence-corrected chi connectivity index (χ4v) is 7.43. The number of hydrogen-bond acceptors (Lipinski definition) is 0. The van der Waals surface area contributed by atoms with E-state index in [2.05, 4.69) is 180 Å². The monoisotopic (exact) mass is 660 g/mol. The highest BCUT2D eigenvalue weighted by Gasteiger charge is 2.19. The number of allylic oxidation sites excluding steroid dienone is 4. The van der Waals surface area contributed by atoms with Crippen LogP contribution in [-0.4, -0.2) is 3.92 Å². The molecule has 0 aromatic heterocycles. The Hall–Kier alpha value is -4.47. The maximum Gasteiger partial charge on any atom is 0.0332 e. The lowest BCUT2D eigenvalue weighted by Gasteiger charge is -2.20. The van der Waals surface area contributed by atoms with Gasteiger partial charge in [-0.05, 0) is 101 Å². The van der Waals surface area contributed by atoms with Gasteiger partial charge in [-0.2, -0.15) is 0 Å². The van der Waals surface area contributed by atoms with E-state index in [4.69, 9.17) is 0 Å². The summed E-state index contributed by atoms with van der Waals surface area (Å²) in [7, 11) is 0. The molecule has 0 aliphatic heterocycles. The topological polar surface area (TPSA) is 0 Å². The van der Waals surface area contributed by atoms with E-state index in [1.807, 2.05) is 0 Å². The zero-order valence-corrected chi connectivity index (χ0v) is 25.8. The van der Waals surface area contributed by atoms with Gasteiger partial charge in [-0.1, -0.05) is 162 Å². The zero-order valence-electron chi connectivity index (χ0n) is 23.7. The van der Waals surface area contributed by atoms with E-state index >= 15 is 0 Å². The molecule has 43 heavy (non-hydrogen) atoms. The smallest absolute Gasteiger partial charge is 0.0332 e. The minimum atomic E-state index is 0.503. The minimum absolute atomic E-state index is 0.503. The van der Waals surface area contributed by atoms with Crippen LogP contribution in [0.5, 0.6) is 0 Å². The molecule has 0 saturated heterocycles. The number of fused-ring (bicyclic) bond motifs is 3. The van der Waals surface area contributed by atoms with Crippen LogP contribution >= 0.6 is 22.6 Å². The molecule has 0 spiro atoms. The third kappa shape index (κ3) is 4.69. The number of halogens is 1. The van der Waals surface area contributed by atoms with Crippen LogP contribution in [0.4, 0.5) is 0 Å². The lowest BCUT2D eigenvalue weighted by atomic mass is 9.83. The Morgan fingerprint density at radius 3 is 1.72 bits per heavy atom. The van der Waals surface area contributed by atoms with Gasteiger partial charge < -0.3 is 0 Å². The van der Waals surface area contributed by atoms with Gasteiger partial charge in [-0.15, -0.1) is 0 Å². The Bertz CT molecular complexity index is 2160. The summed E-state index contributed by atoms with van der Waals surface area (Å²) in [4.78, 5) is 0. The lowest BCUT2D eigenvalue weighted by molar-refractivity contribution is 1.10. The molecule has 1 unspecified atom stereocenters. The highest BCUT2D eigenvalue weighted by atomic mass is 127. The second-order valence-corrected chi connectivity index (χ2v) is 12.9. The molecule has 1 atom stereocenters. The maximum absolute atomic E-state index is 2.55. The van der Waals surface area contributed by atoms with Crippen LogP contribution in [0.15, 0.2) is 158 Å². The first kappa shape index (κ1) is 26.2. The quantitative estimate of drug-likeness (QED) is 0.100. The third-order valence-corrected chi connectivity index (χ3v) is 9.54. The molecule has 1 aliphatic carbocycles. The van der Waals surface area contributed by atoms with Gasteiger partial charge in [0.1, 0.15) is 0 Å². The average molecular weight is 661 g/mol. The van der Waals surface area contributed by atoms with Crippen molar-refractivity contribution < 1.29 is 0 Å². The molecule has 204 valence electrons. The Balaban J connectivity index is 1.48. The summed E-state index contributed by atoms with van der Waals surface area (Å²) in [6.45, 7) is 0. The van der Waals surface area contributed by atoms with Gasteiger partial charge in [-0.25, -0.2) is 0 Å².